The van der Waals surface area contributed by atoms with Crippen LogP contribution < -0.4 is 10.6 Å². The molecule has 3 fully saturated rings. The second-order valence-electron chi connectivity index (χ2n) is 10.9. The number of rotatable bonds is 4. The molecular weight excluding hydrogens is 529 g/mol. The summed E-state index contributed by atoms with van der Waals surface area (Å²) in [5.41, 5.74) is 0.149. The number of fused-ring (bicyclic) bond motifs is 2. The van der Waals surface area contributed by atoms with Crippen LogP contribution in [0.5, 0.6) is 0 Å². The third-order valence-corrected chi connectivity index (χ3v) is 8.45. The number of urea groups is 1. The first kappa shape index (κ1) is 27.7. The summed E-state index contributed by atoms with van der Waals surface area (Å²) in [6, 6.07) is 2.51. The fourth-order valence-corrected chi connectivity index (χ4v) is 6.48. The number of Topliss-reactive ketones (excluding diaryl/α,β-unsaturated/α-hetero) is 1. The molecule has 0 aromatic heterocycles. The van der Waals surface area contributed by atoms with E-state index in [1.807, 2.05) is 6.92 Å². The Morgan fingerprint density at radius 2 is 1.90 bits per heavy atom. The maximum atomic E-state index is 13.6. The van der Waals surface area contributed by atoms with Gasteiger partial charge < -0.3 is 20.3 Å². The van der Waals surface area contributed by atoms with Crippen molar-refractivity contribution in [1.82, 2.24) is 20.4 Å². The number of nitrogens with zero attached hydrogens (tertiary/aromatic N) is 2. The van der Waals surface area contributed by atoms with E-state index in [1.54, 1.807) is 17.9 Å². The lowest BCUT2D eigenvalue weighted by Gasteiger charge is -2.31. The maximum Gasteiger partial charge on any atom is 0.416 e. The lowest BCUT2D eigenvalue weighted by atomic mass is 9.85. The van der Waals surface area contributed by atoms with Crippen LogP contribution in [0.25, 0.3) is 0 Å². The highest BCUT2D eigenvalue weighted by Gasteiger charge is 2.56. The zero-order valence-corrected chi connectivity index (χ0v) is 22.4. The van der Waals surface area contributed by atoms with E-state index in [4.69, 9.17) is 4.74 Å². The summed E-state index contributed by atoms with van der Waals surface area (Å²) in [6.45, 7) is 3.35. The average molecular weight is 561 g/mol. The first-order chi connectivity index (χ1) is 18.8. The van der Waals surface area contributed by atoms with E-state index in [2.05, 4.69) is 10.6 Å². The second kappa shape index (κ2) is 9.97. The second-order valence-corrected chi connectivity index (χ2v) is 10.9. The van der Waals surface area contributed by atoms with Crippen LogP contribution in [-0.4, -0.2) is 65.4 Å². The van der Waals surface area contributed by atoms with E-state index in [9.17, 15) is 32.3 Å². The van der Waals surface area contributed by atoms with E-state index in [-0.39, 0.29) is 36.5 Å². The van der Waals surface area contributed by atoms with Gasteiger partial charge in [-0.15, -0.1) is 0 Å². The minimum atomic E-state index is -4.45. The summed E-state index contributed by atoms with van der Waals surface area (Å²) < 4.78 is 45.4. The number of alkyl halides is 3. The standard InChI is InChI=1S/C28H31F3N4O5/c1-15-12-17(28(29,30)31)5-6-18(15)22-9-4-16(2)35(22)23(36)13-34-14-27(40-26(34)39)11-10-19-20(27)7-8-21(24(19)37)33-25(38)32-3/h5-8,12,16,19,22H,4,9-11,13-14H2,1-3H3,(H2,32,33,38)/t16?,19?,22?,27-/m0/s1. The van der Waals surface area contributed by atoms with Crippen molar-refractivity contribution >= 4 is 23.8 Å². The van der Waals surface area contributed by atoms with Gasteiger partial charge in [-0.1, -0.05) is 12.1 Å². The van der Waals surface area contributed by atoms with Gasteiger partial charge in [-0.05, 0) is 74.4 Å². The first-order valence-corrected chi connectivity index (χ1v) is 13.3. The number of amides is 4. The lowest BCUT2D eigenvalue weighted by molar-refractivity contribution is -0.138. The number of nitrogens with one attached hydrogen (secondary N) is 2. The summed E-state index contributed by atoms with van der Waals surface area (Å²) in [5.74, 6) is -1.11. The van der Waals surface area contributed by atoms with Crippen LogP contribution in [0.3, 0.4) is 0 Å². The molecule has 4 aliphatic rings. The number of ketones is 1. The third kappa shape index (κ3) is 4.73. The molecule has 214 valence electrons. The molecule has 4 amide bonds. The fourth-order valence-electron chi connectivity index (χ4n) is 6.48. The Morgan fingerprint density at radius 1 is 1.15 bits per heavy atom. The SMILES string of the molecule is CNC(=O)NC1=CC=C2C(CC[C@]23CN(CC(=O)N2C(C)CCC2c2ccc(C(F)(F)F)cc2C)C(=O)O3)C1=O. The molecule has 1 spiro atoms. The molecule has 1 saturated carbocycles. The average Bonchev–Trinajstić information content (AvgIpc) is 3.55. The summed E-state index contributed by atoms with van der Waals surface area (Å²) in [5, 5.41) is 4.91. The monoisotopic (exact) mass is 560 g/mol. The molecule has 2 aliphatic carbocycles. The molecule has 3 unspecified atom stereocenters. The highest BCUT2D eigenvalue weighted by molar-refractivity contribution is 6.03. The molecule has 4 atom stereocenters. The van der Waals surface area contributed by atoms with Gasteiger partial charge in [-0.25, -0.2) is 9.59 Å². The Morgan fingerprint density at radius 3 is 2.58 bits per heavy atom. The number of likely N-dealkylation sites (tertiary alicyclic amines) is 1. The lowest BCUT2D eigenvalue weighted by Crippen LogP contribution is -2.44. The molecule has 0 bridgehead atoms. The van der Waals surface area contributed by atoms with Crippen molar-refractivity contribution in [2.45, 2.75) is 63.4 Å². The smallest absolute Gasteiger partial charge is 0.416 e. The predicted octanol–water partition coefficient (Wildman–Crippen LogP) is 3.99. The molecule has 2 heterocycles. The Labute approximate surface area is 229 Å². The summed E-state index contributed by atoms with van der Waals surface area (Å²) >= 11 is 0. The van der Waals surface area contributed by atoms with Gasteiger partial charge in [0.15, 0.2) is 11.4 Å². The minimum absolute atomic E-state index is 0.103. The zero-order chi connectivity index (χ0) is 29.0. The van der Waals surface area contributed by atoms with Crippen molar-refractivity contribution in [1.29, 1.82) is 0 Å². The van der Waals surface area contributed by atoms with Gasteiger partial charge in [0.05, 0.1) is 23.8 Å². The van der Waals surface area contributed by atoms with Crippen LogP contribution in [-0.2, 0) is 20.5 Å². The molecule has 1 aromatic carbocycles. The minimum Gasteiger partial charge on any atom is -0.436 e. The Bertz CT molecular complexity index is 1340. The molecular formula is C28H31F3N4O5. The van der Waals surface area contributed by atoms with E-state index in [0.29, 0.717) is 42.4 Å². The quantitative estimate of drug-likeness (QED) is 0.579. The molecule has 2 N–H and O–H groups in total. The van der Waals surface area contributed by atoms with E-state index >= 15 is 0 Å². The fraction of sp³-hybridized carbons (Fsp3) is 0.500. The Balaban J connectivity index is 1.32. The van der Waals surface area contributed by atoms with Crippen molar-refractivity contribution in [2.75, 3.05) is 20.1 Å². The zero-order valence-electron chi connectivity index (χ0n) is 22.4. The highest BCUT2D eigenvalue weighted by Crippen LogP contribution is 2.48. The van der Waals surface area contributed by atoms with Gasteiger partial charge >= 0.3 is 18.3 Å². The van der Waals surface area contributed by atoms with E-state index < -0.39 is 41.4 Å². The largest absolute Gasteiger partial charge is 0.436 e. The van der Waals surface area contributed by atoms with Gasteiger partial charge in [-0.3, -0.25) is 14.5 Å². The summed E-state index contributed by atoms with van der Waals surface area (Å²) in [4.78, 5) is 54.2. The number of halogens is 3. The van der Waals surface area contributed by atoms with Crippen LogP contribution in [0.2, 0.25) is 0 Å². The maximum absolute atomic E-state index is 13.6. The number of hydrogen-bond donors (Lipinski definition) is 2. The first-order valence-electron chi connectivity index (χ1n) is 13.3. The summed E-state index contributed by atoms with van der Waals surface area (Å²) in [6.07, 6.45) is 0.212. The van der Waals surface area contributed by atoms with Crippen molar-refractivity contribution < 1.29 is 37.1 Å². The van der Waals surface area contributed by atoms with Crippen LogP contribution in [0.15, 0.2) is 41.6 Å². The van der Waals surface area contributed by atoms with Gasteiger partial charge in [0, 0.05) is 19.0 Å². The van der Waals surface area contributed by atoms with Crippen LogP contribution in [0, 0.1) is 12.8 Å². The number of benzene rings is 1. The van der Waals surface area contributed by atoms with Crippen molar-refractivity contribution in [2.24, 2.45) is 5.92 Å². The Hall–Kier alpha value is -3.83. The van der Waals surface area contributed by atoms with Crippen molar-refractivity contribution in [3.8, 4) is 0 Å². The number of allylic oxidation sites excluding steroid dienone is 3. The molecule has 0 radical (unpaired) electrons. The molecule has 9 nitrogen and oxygen atoms in total. The van der Waals surface area contributed by atoms with E-state index in [1.165, 1.54) is 24.1 Å². The van der Waals surface area contributed by atoms with Crippen LogP contribution >= 0.6 is 0 Å². The molecule has 2 saturated heterocycles. The Kier molecular flexibility index (Phi) is 6.91. The molecule has 40 heavy (non-hydrogen) atoms. The number of carbonyl (C=O) groups is 4. The number of carbonyl (C=O) groups excluding carboxylic acids is 4. The molecule has 2 aliphatic heterocycles. The number of ether oxygens (including phenoxy) is 1. The molecule has 1 aromatic rings. The normalized spacial score (nSPS) is 27.9. The summed E-state index contributed by atoms with van der Waals surface area (Å²) in [7, 11) is 1.44. The molecule has 12 heteroatoms. The van der Waals surface area contributed by atoms with Gasteiger partial charge in [0.2, 0.25) is 5.91 Å². The van der Waals surface area contributed by atoms with Crippen LogP contribution in [0.4, 0.5) is 22.8 Å². The van der Waals surface area contributed by atoms with E-state index in [0.717, 1.165) is 12.1 Å². The number of aryl methyl sites for hydroxylation is 1. The van der Waals surface area contributed by atoms with Crippen LogP contribution in [0.1, 0.15) is 55.3 Å². The highest BCUT2D eigenvalue weighted by atomic mass is 19.4. The topological polar surface area (TPSA) is 108 Å². The van der Waals surface area contributed by atoms with Crippen molar-refractivity contribution in [3.05, 3.63) is 58.3 Å². The van der Waals surface area contributed by atoms with Gasteiger partial charge in [0.25, 0.3) is 0 Å². The molecule has 5 rings (SSSR count). The van der Waals surface area contributed by atoms with Gasteiger partial charge in [-0.2, -0.15) is 13.2 Å². The third-order valence-electron chi connectivity index (χ3n) is 8.45. The van der Waals surface area contributed by atoms with Crippen molar-refractivity contribution in [3.63, 3.8) is 0 Å². The predicted molar refractivity (Wildman–Crippen MR) is 137 cm³/mol. The number of hydrogen-bond acceptors (Lipinski definition) is 5. The van der Waals surface area contributed by atoms with Gasteiger partial charge in [0.1, 0.15) is 6.54 Å².